The van der Waals surface area contributed by atoms with Gasteiger partial charge in [0.25, 0.3) is 0 Å². The summed E-state index contributed by atoms with van der Waals surface area (Å²) in [5.41, 5.74) is 0. The topological polar surface area (TPSA) is 55.4 Å². The molecule has 0 aliphatic heterocycles. The predicted octanol–water partition coefficient (Wildman–Crippen LogP) is 4.49. The van der Waals surface area contributed by atoms with Gasteiger partial charge in [-0.2, -0.15) is 0 Å². The van der Waals surface area contributed by atoms with Crippen LogP contribution in [0, 0.1) is 0 Å². The number of methoxy groups -OCH3 is 1. The van der Waals surface area contributed by atoms with Crippen molar-refractivity contribution in [1.29, 1.82) is 0 Å². The summed E-state index contributed by atoms with van der Waals surface area (Å²) in [5.74, 6) is -0.109. The third-order valence-corrected chi connectivity index (χ3v) is 3.60. The van der Waals surface area contributed by atoms with Crippen molar-refractivity contribution >= 4 is 11.9 Å². The fraction of sp³-hybridized carbons (Fsp3) is 0.778. The zero-order valence-electron chi connectivity index (χ0n) is 14.4. The molecule has 0 aromatic heterocycles. The predicted molar refractivity (Wildman–Crippen MR) is 90.4 cm³/mol. The zero-order chi connectivity index (χ0) is 16.5. The van der Waals surface area contributed by atoms with Crippen LogP contribution in [0.25, 0.3) is 0 Å². The SMILES string of the molecule is CCCCCCCCCCC(=O)N/C=C\CCCC(=O)OC. The summed E-state index contributed by atoms with van der Waals surface area (Å²) in [6.45, 7) is 2.23. The van der Waals surface area contributed by atoms with E-state index in [0.717, 1.165) is 25.7 Å². The minimum Gasteiger partial charge on any atom is -0.469 e. The van der Waals surface area contributed by atoms with Gasteiger partial charge in [-0.05, 0) is 25.5 Å². The van der Waals surface area contributed by atoms with Crippen molar-refractivity contribution in [2.75, 3.05) is 7.11 Å². The van der Waals surface area contributed by atoms with E-state index in [1.165, 1.54) is 45.6 Å². The molecule has 0 aliphatic carbocycles. The number of rotatable bonds is 14. The van der Waals surface area contributed by atoms with Gasteiger partial charge in [0.2, 0.25) is 5.91 Å². The van der Waals surface area contributed by atoms with Crippen LogP contribution >= 0.6 is 0 Å². The quantitative estimate of drug-likeness (QED) is 0.380. The fourth-order valence-corrected chi connectivity index (χ4v) is 2.19. The van der Waals surface area contributed by atoms with Gasteiger partial charge in [0.05, 0.1) is 7.11 Å². The first-order valence-corrected chi connectivity index (χ1v) is 8.72. The minimum atomic E-state index is -0.188. The van der Waals surface area contributed by atoms with Gasteiger partial charge >= 0.3 is 5.97 Å². The zero-order valence-corrected chi connectivity index (χ0v) is 14.4. The normalized spacial score (nSPS) is 10.8. The molecule has 0 aromatic rings. The van der Waals surface area contributed by atoms with Gasteiger partial charge in [0, 0.05) is 12.8 Å². The Balaban J connectivity index is 3.33. The summed E-state index contributed by atoms with van der Waals surface area (Å²) < 4.78 is 4.55. The lowest BCUT2D eigenvalue weighted by molar-refractivity contribution is -0.140. The van der Waals surface area contributed by atoms with Gasteiger partial charge in [-0.3, -0.25) is 9.59 Å². The molecule has 0 saturated heterocycles. The highest BCUT2D eigenvalue weighted by atomic mass is 16.5. The number of carbonyl (C=O) groups excluding carboxylic acids is 2. The van der Waals surface area contributed by atoms with Gasteiger partial charge in [-0.1, -0.05) is 57.9 Å². The Kier molecular flexibility index (Phi) is 15.1. The number of hydrogen-bond acceptors (Lipinski definition) is 3. The van der Waals surface area contributed by atoms with E-state index in [4.69, 9.17) is 0 Å². The number of unbranched alkanes of at least 4 members (excludes halogenated alkanes) is 8. The average Bonchev–Trinajstić information content (AvgIpc) is 2.52. The highest BCUT2D eigenvalue weighted by Gasteiger charge is 1.99. The Morgan fingerprint density at radius 2 is 1.55 bits per heavy atom. The molecule has 0 aliphatic rings. The molecule has 0 fully saturated rings. The molecule has 4 nitrogen and oxygen atoms in total. The van der Waals surface area contributed by atoms with Crippen molar-refractivity contribution in [2.45, 2.75) is 84.0 Å². The molecule has 0 aromatic carbocycles. The van der Waals surface area contributed by atoms with E-state index in [1.54, 1.807) is 6.20 Å². The maximum Gasteiger partial charge on any atom is 0.305 e. The summed E-state index contributed by atoms with van der Waals surface area (Å²) in [5, 5.41) is 2.77. The minimum absolute atomic E-state index is 0.0789. The molecule has 0 atom stereocenters. The number of carbonyl (C=O) groups is 2. The van der Waals surface area contributed by atoms with Crippen molar-refractivity contribution in [3.63, 3.8) is 0 Å². The molecule has 0 spiro atoms. The molecule has 1 amide bonds. The lowest BCUT2D eigenvalue weighted by atomic mass is 10.1. The number of esters is 1. The van der Waals surface area contributed by atoms with Crippen molar-refractivity contribution in [2.24, 2.45) is 0 Å². The third kappa shape index (κ3) is 15.1. The second kappa shape index (κ2) is 16.1. The number of ether oxygens (including phenoxy) is 1. The molecule has 128 valence electrons. The van der Waals surface area contributed by atoms with E-state index in [1.807, 2.05) is 6.08 Å². The van der Waals surface area contributed by atoms with Crippen molar-refractivity contribution in [3.8, 4) is 0 Å². The second-order valence-electron chi connectivity index (χ2n) is 5.66. The van der Waals surface area contributed by atoms with Crippen LogP contribution in [0.15, 0.2) is 12.3 Å². The molecule has 1 N–H and O–H groups in total. The molecule has 22 heavy (non-hydrogen) atoms. The van der Waals surface area contributed by atoms with Crippen LogP contribution in [-0.2, 0) is 14.3 Å². The molecular formula is C18H33NO3. The largest absolute Gasteiger partial charge is 0.469 e. The standard InChI is InChI=1S/C18H33NO3/c1-3-4-5-6-7-8-9-11-14-17(20)19-16-13-10-12-15-18(21)22-2/h13,16H,3-12,14-15H2,1-2H3,(H,19,20)/b16-13-. The van der Waals surface area contributed by atoms with E-state index < -0.39 is 0 Å². The molecule has 4 heteroatoms. The van der Waals surface area contributed by atoms with E-state index >= 15 is 0 Å². The van der Waals surface area contributed by atoms with Crippen LogP contribution in [0.3, 0.4) is 0 Å². The summed E-state index contributed by atoms with van der Waals surface area (Å²) in [7, 11) is 1.39. The first kappa shape index (κ1) is 20.7. The van der Waals surface area contributed by atoms with E-state index in [9.17, 15) is 9.59 Å². The average molecular weight is 311 g/mol. The first-order valence-electron chi connectivity index (χ1n) is 8.72. The van der Waals surface area contributed by atoms with Crippen molar-refractivity contribution in [1.82, 2.24) is 5.32 Å². The Morgan fingerprint density at radius 3 is 2.18 bits per heavy atom. The maximum atomic E-state index is 11.6. The fourth-order valence-electron chi connectivity index (χ4n) is 2.19. The van der Waals surface area contributed by atoms with Crippen LogP contribution in [0.4, 0.5) is 0 Å². The highest BCUT2D eigenvalue weighted by Crippen LogP contribution is 2.09. The number of hydrogen-bond donors (Lipinski definition) is 1. The molecule has 0 bridgehead atoms. The number of nitrogens with one attached hydrogen (secondary N) is 1. The molecule has 0 saturated carbocycles. The van der Waals surface area contributed by atoms with Gasteiger partial charge < -0.3 is 10.1 Å². The monoisotopic (exact) mass is 311 g/mol. The summed E-state index contributed by atoms with van der Waals surface area (Å²) >= 11 is 0. The Bertz CT molecular complexity index is 313. The van der Waals surface area contributed by atoms with E-state index in [0.29, 0.717) is 12.8 Å². The smallest absolute Gasteiger partial charge is 0.305 e. The van der Waals surface area contributed by atoms with Crippen LogP contribution in [0.5, 0.6) is 0 Å². The van der Waals surface area contributed by atoms with Crippen LogP contribution in [0.1, 0.15) is 84.0 Å². The van der Waals surface area contributed by atoms with Gasteiger partial charge in [0.1, 0.15) is 0 Å². The molecule has 0 unspecified atom stereocenters. The Labute approximate surface area is 135 Å². The lowest BCUT2D eigenvalue weighted by Gasteiger charge is -2.02. The first-order chi connectivity index (χ1) is 10.7. The number of allylic oxidation sites excluding steroid dienone is 1. The van der Waals surface area contributed by atoms with Gasteiger partial charge in [-0.15, -0.1) is 0 Å². The molecule has 0 rings (SSSR count). The molecule has 0 heterocycles. The van der Waals surface area contributed by atoms with Crippen molar-refractivity contribution in [3.05, 3.63) is 12.3 Å². The van der Waals surface area contributed by atoms with Crippen LogP contribution in [-0.4, -0.2) is 19.0 Å². The lowest BCUT2D eigenvalue weighted by Crippen LogP contribution is -2.16. The third-order valence-electron chi connectivity index (χ3n) is 3.60. The summed E-state index contributed by atoms with van der Waals surface area (Å²) in [6.07, 6.45) is 16.1. The van der Waals surface area contributed by atoms with Crippen LogP contribution in [0.2, 0.25) is 0 Å². The maximum absolute atomic E-state index is 11.6. The van der Waals surface area contributed by atoms with Crippen LogP contribution < -0.4 is 5.32 Å². The van der Waals surface area contributed by atoms with E-state index in [-0.39, 0.29) is 11.9 Å². The highest BCUT2D eigenvalue weighted by molar-refractivity contribution is 5.76. The molecule has 0 radical (unpaired) electrons. The summed E-state index contributed by atoms with van der Waals surface area (Å²) in [6, 6.07) is 0. The van der Waals surface area contributed by atoms with E-state index in [2.05, 4.69) is 17.0 Å². The summed E-state index contributed by atoms with van der Waals surface area (Å²) in [4.78, 5) is 22.4. The molecular weight excluding hydrogens is 278 g/mol. The second-order valence-corrected chi connectivity index (χ2v) is 5.66. The number of amides is 1. The Morgan fingerprint density at radius 1 is 0.909 bits per heavy atom. The van der Waals surface area contributed by atoms with Crippen molar-refractivity contribution < 1.29 is 14.3 Å². The van der Waals surface area contributed by atoms with Gasteiger partial charge in [-0.25, -0.2) is 0 Å². The van der Waals surface area contributed by atoms with Gasteiger partial charge in [0.15, 0.2) is 0 Å². The Hall–Kier alpha value is -1.32.